The average Bonchev–Trinajstić information content (AvgIpc) is 3.40. The molecule has 0 unspecified atom stereocenters. The molecule has 3 heterocycles. The van der Waals surface area contributed by atoms with Gasteiger partial charge in [-0.25, -0.2) is 9.59 Å². The molecule has 0 N–H and O–H groups in total. The van der Waals surface area contributed by atoms with Gasteiger partial charge in [0.2, 0.25) is 5.91 Å². The van der Waals surface area contributed by atoms with Crippen LogP contribution in [0.5, 0.6) is 0 Å². The van der Waals surface area contributed by atoms with Gasteiger partial charge in [-0.3, -0.25) is 14.3 Å². The van der Waals surface area contributed by atoms with E-state index in [4.69, 9.17) is 4.74 Å². The normalized spacial score (nSPS) is 24.2. The molecule has 2 fully saturated rings. The van der Waals surface area contributed by atoms with Gasteiger partial charge in [-0.2, -0.15) is 0 Å². The van der Waals surface area contributed by atoms with Gasteiger partial charge in [-0.05, 0) is 24.1 Å². The number of carbonyl (C=O) groups is 3. The highest BCUT2D eigenvalue weighted by Gasteiger charge is 2.55. The van der Waals surface area contributed by atoms with E-state index in [0.29, 0.717) is 13.0 Å². The third-order valence-electron chi connectivity index (χ3n) is 5.36. The average molecular weight is 367 g/mol. The van der Waals surface area contributed by atoms with Crippen molar-refractivity contribution in [3.63, 3.8) is 0 Å². The van der Waals surface area contributed by atoms with Crippen LogP contribution >= 0.6 is 0 Å². The molecule has 7 heteroatoms. The molecule has 3 atom stereocenters. The molecule has 0 bridgehead atoms. The number of nitrogens with zero attached hydrogens (tertiary/aromatic N) is 3. The van der Waals surface area contributed by atoms with Gasteiger partial charge in [0.05, 0.1) is 18.0 Å². The zero-order chi connectivity index (χ0) is 19.0. The zero-order valence-corrected chi connectivity index (χ0v) is 15.0. The lowest BCUT2D eigenvalue weighted by molar-refractivity contribution is -0.129. The lowest BCUT2D eigenvalue weighted by Crippen LogP contribution is -2.44. The monoisotopic (exact) mass is 367 g/mol. The van der Waals surface area contributed by atoms with Crippen molar-refractivity contribution in [1.29, 1.82) is 0 Å². The number of amides is 3. The molecule has 0 aliphatic carbocycles. The summed E-state index contributed by atoms with van der Waals surface area (Å²) in [5, 5.41) is 0. The summed E-state index contributed by atoms with van der Waals surface area (Å²) in [6.45, 7) is 2.42. The molecule has 0 saturated carbocycles. The summed E-state index contributed by atoms with van der Waals surface area (Å²) < 4.78 is 6.83. The Morgan fingerprint density at radius 1 is 1.11 bits per heavy atom. The Kier molecular flexibility index (Phi) is 4.43. The summed E-state index contributed by atoms with van der Waals surface area (Å²) in [6.07, 6.45) is 3.36. The third kappa shape index (κ3) is 2.99. The van der Waals surface area contributed by atoms with Crippen LogP contribution in [0.4, 0.5) is 9.59 Å². The number of benzene rings is 1. The highest BCUT2D eigenvalue weighted by molar-refractivity contribution is 5.99. The van der Waals surface area contributed by atoms with Crippen molar-refractivity contribution < 1.29 is 19.1 Å². The molecule has 2 aliphatic heterocycles. The zero-order valence-electron chi connectivity index (χ0n) is 15.0. The van der Waals surface area contributed by atoms with E-state index in [2.05, 4.69) is 0 Å². The number of hydrogen-bond donors (Lipinski definition) is 0. The highest BCUT2D eigenvalue weighted by atomic mass is 16.6. The van der Waals surface area contributed by atoms with Crippen LogP contribution in [0.25, 0.3) is 0 Å². The SMILES string of the molecule is C[C@H]1C(=O)N(C(=O)n2cccc2)[C@@H]2CCN(C(=O)OCc3ccccc3)[C@H]21. The van der Waals surface area contributed by atoms with Crippen LogP contribution in [0.2, 0.25) is 0 Å². The summed E-state index contributed by atoms with van der Waals surface area (Å²) in [5.41, 5.74) is 0.904. The van der Waals surface area contributed by atoms with Crippen molar-refractivity contribution in [1.82, 2.24) is 14.4 Å². The van der Waals surface area contributed by atoms with Gasteiger partial charge < -0.3 is 9.64 Å². The van der Waals surface area contributed by atoms with Gasteiger partial charge >= 0.3 is 12.1 Å². The minimum Gasteiger partial charge on any atom is -0.445 e. The first-order valence-corrected chi connectivity index (χ1v) is 9.05. The summed E-state index contributed by atoms with van der Waals surface area (Å²) in [6, 6.07) is 11.9. The topological polar surface area (TPSA) is 71.9 Å². The van der Waals surface area contributed by atoms with Gasteiger partial charge in [0, 0.05) is 18.9 Å². The Hall–Kier alpha value is -3.09. The van der Waals surface area contributed by atoms with Gasteiger partial charge in [-0.1, -0.05) is 37.3 Å². The van der Waals surface area contributed by atoms with Crippen molar-refractivity contribution in [3.8, 4) is 0 Å². The van der Waals surface area contributed by atoms with Crippen molar-refractivity contribution in [2.75, 3.05) is 6.54 Å². The number of hydrogen-bond acceptors (Lipinski definition) is 4. The molecule has 0 radical (unpaired) electrons. The van der Waals surface area contributed by atoms with Gasteiger partial charge in [0.1, 0.15) is 6.61 Å². The predicted octanol–water partition coefficient (Wildman–Crippen LogP) is 2.71. The van der Waals surface area contributed by atoms with Crippen LogP contribution < -0.4 is 0 Å². The minimum absolute atomic E-state index is 0.182. The lowest BCUT2D eigenvalue weighted by atomic mass is 10.0. The summed E-state index contributed by atoms with van der Waals surface area (Å²) >= 11 is 0. The minimum atomic E-state index is -0.443. The lowest BCUT2D eigenvalue weighted by Gasteiger charge is -2.25. The second-order valence-corrected chi connectivity index (χ2v) is 6.95. The first-order valence-electron chi connectivity index (χ1n) is 9.05. The van der Waals surface area contributed by atoms with Crippen LogP contribution in [0.3, 0.4) is 0 Å². The third-order valence-corrected chi connectivity index (χ3v) is 5.36. The number of ether oxygens (including phenoxy) is 1. The quantitative estimate of drug-likeness (QED) is 0.818. The fraction of sp³-hybridized carbons (Fsp3) is 0.350. The van der Waals surface area contributed by atoms with Gasteiger partial charge in [0.15, 0.2) is 0 Å². The summed E-state index contributed by atoms with van der Waals surface area (Å²) in [7, 11) is 0. The molecule has 4 rings (SSSR count). The van der Waals surface area contributed by atoms with E-state index < -0.39 is 12.0 Å². The van der Waals surface area contributed by atoms with E-state index in [1.165, 1.54) is 9.47 Å². The standard InChI is InChI=1S/C20H21N3O4/c1-14-17-16(23(18(14)24)19(25)21-10-5-6-11-21)9-12-22(17)20(26)27-13-15-7-3-2-4-8-15/h2-8,10-11,14,16-17H,9,12-13H2,1H3/t14-,16-,17+/m1/s1. The second kappa shape index (κ2) is 6.90. The first kappa shape index (κ1) is 17.3. The van der Waals surface area contributed by atoms with E-state index in [0.717, 1.165) is 5.56 Å². The molecule has 1 aromatic heterocycles. The molecule has 140 valence electrons. The molecule has 2 aliphatic rings. The van der Waals surface area contributed by atoms with E-state index >= 15 is 0 Å². The van der Waals surface area contributed by atoms with Crippen molar-refractivity contribution in [3.05, 3.63) is 60.4 Å². The largest absolute Gasteiger partial charge is 0.445 e. The second-order valence-electron chi connectivity index (χ2n) is 6.95. The molecule has 2 aromatic rings. The Labute approximate surface area is 157 Å². The molecule has 3 amide bonds. The van der Waals surface area contributed by atoms with Crippen molar-refractivity contribution in [2.45, 2.75) is 32.0 Å². The Morgan fingerprint density at radius 2 is 1.81 bits per heavy atom. The van der Waals surface area contributed by atoms with Crippen LogP contribution in [0, 0.1) is 5.92 Å². The Bertz CT molecular complexity index is 849. The van der Waals surface area contributed by atoms with Gasteiger partial charge in [0.25, 0.3) is 0 Å². The van der Waals surface area contributed by atoms with E-state index in [9.17, 15) is 14.4 Å². The predicted molar refractivity (Wildman–Crippen MR) is 96.8 cm³/mol. The molecular formula is C20H21N3O4. The number of fused-ring (bicyclic) bond motifs is 1. The first-order chi connectivity index (χ1) is 13.1. The van der Waals surface area contributed by atoms with E-state index in [-0.39, 0.29) is 30.6 Å². The number of imide groups is 1. The van der Waals surface area contributed by atoms with Crippen LogP contribution in [-0.4, -0.2) is 51.0 Å². The van der Waals surface area contributed by atoms with Crippen LogP contribution in [-0.2, 0) is 16.1 Å². The van der Waals surface area contributed by atoms with E-state index in [1.807, 2.05) is 30.3 Å². The molecule has 7 nitrogen and oxygen atoms in total. The number of carbonyl (C=O) groups excluding carboxylic acids is 3. The maximum atomic E-state index is 12.7. The number of rotatable bonds is 2. The van der Waals surface area contributed by atoms with Crippen molar-refractivity contribution >= 4 is 18.0 Å². The maximum Gasteiger partial charge on any atom is 0.410 e. The molecular weight excluding hydrogens is 346 g/mol. The van der Waals surface area contributed by atoms with Crippen LogP contribution in [0.15, 0.2) is 54.9 Å². The molecule has 1 aromatic carbocycles. The molecule has 2 saturated heterocycles. The number of aromatic nitrogens is 1. The van der Waals surface area contributed by atoms with Crippen molar-refractivity contribution in [2.24, 2.45) is 5.92 Å². The Balaban J connectivity index is 1.48. The van der Waals surface area contributed by atoms with E-state index in [1.54, 1.807) is 36.4 Å². The maximum absolute atomic E-state index is 12.7. The molecule has 27 heavy (non-hydrogen) atoms. The fourth-order valence-electron chi connectivity index (χ4n) is 4.05. The van der Waals surface area contributed by atoms with Gasteiger partial charge in [-0.15, -0.1) is 0 Å². The Morgan fingerprint density at radius 3 is 2.52 bits per heavy atom. The summed E-state index contributed by atoms with van der Waals surface area (Å²) in [5.74, 6) is -0.689. The fourth-order valence-corrected chi connectivity index (χ4v) is 4.05. The van der Waals surface area contributed by atoms with Crippen LogP contribution in [0.1, 0.15) is 18.9 Å². The smallest absolute Gasteiger partial charge is 0.410 e. The highest BCUT2D eigenvalue weighted by Crippen LogP contribution is 2.37. The summed E-state index contributed by atoms with van der Waals surface area (Å²) in [4.78, 5) is 40.9. The molecule has 0 spiro atoms. The number of likely N-dealkylation sites (tertiary alicyclic amines) is 2.